The highest BCUT2D eigenvalue weighted by Gasteiger charge is 2.32. The Bertz CT molecular complexity index is 1040. The van der Waals surface area contributed by atoms with Gasteiger partial charge in [-0.15, -0.1) is 5.10 Å². The summed E-state index contributed by atoms with van der Waals surface area (Å²) in [4.78, 5) is 17.2. The molecule has 3 aromatic rings. The number of thioether (sulfide) groups is 1. The number of hydrogen-bond acceptors (Lipinski definition) is 8. The number of rotatable bonds is 7. The summed E-state index contributed by atoms with van der Waals surface area (Å²) in [5.74, 6) is 0.796. The maximum atomic E-state index is 12.4. The SMILES string of the molecule is O=C1CC(CSc2nnnn2-c2ccccc2)NC(N2CCN(Cc3ccccc3)CC2)N1. The Labute approximate surface area is 197 Å². The van der Waals surface area contributed by atoms with Gasteiger partial charge in [-0.25, -0.2) is 0 Å². The molecule has 2 saturated heterocycles. The molecule has 0 radical (unpaired) electrons. The zero-order valence-electron chi connectivity index (χ0n) is 18.4. The molecule has 0 bridgehead atoms. The fourth-order valence-electron chi connectivity index (χ4n) is 4.26. The van der Waals surface area contributed by atoms with Crippen LogP contribution in [0, 0.1) is 0 Å². The summed E-state index contributed by atoms with van der Waals surface area (Å²) in [5.41, 5.74) is 2.26. The van der Waals surface area contributed by atoms with E-state index in [4.69, 9.17) is 0 Å². The summed E-state index contributed by atoms with van der Waals surface area (Å²) in [7, 11) is 0. The molecule has 2 aromatic carbocycles. The van der Waals surface area contributed by atoms with E-state index < -0.39 is 0 Å². The van der Waals surface area contributed by atoms with Crippen molar-refractivity contribution in [3.63, 3.8) is 0 Å². The van der Waals surface area contributed by atoms with E-state index in [1.807, 2.05) is 30.3 Å². The molecule has 2 fully saturated rings. The second kappa shape index (κ2) is 10.4. The number of nitrogens with one attached hydrogen (secondary N) is 2. The second-order valence-corrected chi connectivity index (χ2v) is 9.34. The van der Waals surface area contributed by atoms with Gasteiger partial charge in [0.05, 0.1) is 5.69 Å². The summed E-state index contributed by atoms with van der Waals surface area (Å²) in [6.45, 7) is 4.75. The van der Waals surface area contributed by atoms with Gasteiger partial charge in [0.1, 0.15) is 6.29 Å². The molecular weight excluding hydrogens is 436 g/mol. The number of aromatic nitrogens is 4. The third-order valence-electron chi connectivity index (χ3n) is 6.00. The standard InChI is InChI=1S/C23H28N8OS/c32-21-15-19(17-33-23-26-27-28-31(23)20-9-5-2-6-10-20)24-22(25-21)30-13-11-29(12-14-30)16-18-7-3-1-4-8-18/h1-10,19,22,24H,11-17H2,(H,25,32). The summed E-state index contributed by atoms with van der Waals surface area (Å²) in [5, 5.41) is 19.6. The lowest BCUT2D eigenvalue weighted by atomic mass is 10.1. The van der Waals surface area contributed by atoms with Crippen LogP contribution in [0.3, 0.4) is 0 Å². The number of amides is 1. The first-order valence-corrected chi connectivity index (χ1v) is 12.3. The number of benzene rings is 2. The Morgan fingerprint density at radius 3 is 2.45 bits per heavy atom. The number of para-hydroxylation sites is 1. The fraction of sp³-hybridized carbons (Fsp3) is 0.391. The Balaban J connectivity index is 1.14. The number of carbonyl (C=O) groups is 1. The van der Waals surface area contributed by atoms with Crippen LogP contribution in [0.5, 0.6) is 0 Å². The van der Waals surface area contributed by atoms with Crippen molar-refractivity contribution in [1.29, 1.82) is 0 Å². The lowest BCUT2D eigenvalue weighted by Crippen LogP contribution is -2.66. The molecule has 2 unspecified atom stereocenters. The van der Waals surface area contributed by atoms with Crippen molar-refractivity contribution in [2.45, 2.75) is 30.5 Å². The third-order valence-corrected chi connectivity index (χ3v) is 7.08. The Kier molecular flexibility index (Phi) is 6.96. The van der Waals surface area contributed by atoms with Gasteiger partial charge in [0, 0.05) is 50.9 Å². The molecule has 1 amide bonds. The molecule has 2 aliphatic rings. The summed E-state index contributed by atoms with van der Waals surface area (Å²) in [6.07, 6.45) is 0.311. The van der Waals surface area contributed by atoms with Gasteiger partial charge >= 0.3 is 0 Å². The lowest BCUT2D eigenvalue weighted by Gasteiger charge is -2.43. The number of nitrogens with zero attached hydrogens (tertiary/aromatic N) is 6. The molecule has 33 heavy (non-hydrogen) atoms. The molecule has 172 valence electrons. The van der Waals surface area contributed by atoms with E-state index >= 15 is 0 Å². The normalized spacial score (nSPS) is 22.2. The van der Waals surface area contributed by atoms with E-state index in [2.05, 4.69) is 66.3 Å². The van der Waals surface area contributed by atoms with Crippen LogP contribution in [0.2, 0.25) is 0 Å². The average Bonchev–Trinajstić information content (AvgIpc) is 3.33. The molecule has 2 aliphatic heterocycles. The van der Waals surface area contributed by atoms with Gasteiger partial charge < -0.3 is 5.32 Å². The number of tetrazole rings is 1. The molecule has 2 atom stereocenters. The maximum Gasteiger partial charge on any atom is 0.223 e. The van der Waals surface area contributed by atoms with Crippen LogP contribution in [0.25, 0.3) is 5.69 Å². The van der Waals surface area contributed by atoms with E-state index in [-0.39, 0.29) is 18.2 Å². The van der Waals surface area contributed by atoms with Gasteiger partial charge in [-0.3, -0.25) is 19.9 Å². The number of hydrogen-bond donors (Lipinski definition) is 2. The first kappa shape index (κ1) is 22.0. The monoisotopic (exact) mass is 464 g/mol. The first-order valence-electron chi connectivity index (χ1n) is 11.3. The highest BCUT2D eigenvalue weighted by molar-refractivity contribution is 7.99. The van der Waals surface area contributed by atoms with Gasteiger partial charge in [0.2, 0.25) is 11.1 Å². The molecule has 2 N–H and O–H groups in total. The van der Waals surface area contributed by atoms with Crippen LogP contribution < -0.4 is 10.6 Å². The first-order chi connectivity index (χ1) is 16.2. The molecule has 3 heterocycles. The zero-order valence-corrected chi connectivity index (χ0v) is 19.2. The van der Waals surface area contributed by atoms with Crippen molar-refractivity contribution in [3.05, 3.63) is 66.2 Å². The van der Waals surface area contributed by atoms with Crippen LogP contribution in [-0.4, -0.2) is 80.2 Å². The topological polar surface area (TPSA) is 91.2 Å². The summed E-state index contributed by atoms with van der Waals surface area (Å²) in [6, 6.07) is 20.5. The third kappa shape index (κ3) is 5.59. The Morgan fingerprint density at radius 2 is 1.70 bits per heavy atom. The van der Waals surface area contributed by atoms with E-state index in [1.165, 1.54) is 5.56 Å². The van der Waals surface area contributed by atoms with E-state index in [9.17, 15) is 4.79 Å². The van der Waals surface area contributed by atoms with Crippen LogP contribution >= 0.6 is 11.8 Å². The lowest BCUT2D eigenvalue weighted by molar-refractivity contribution is -0.127. The van der Waals surface area contributed by atoms with Crippen molar-refractivity contribution in [1.82, 2.24) is 40.6 Å². The predicted octanol–water partition coefficient (Wildman–Crippen LogP) is 1.33. The predicted molar refractivity (Wildman–Crippen MR) is 127 cm³/mol. The highest BCUT2D eigenvalue weighted by Crippen LogP contribution is 2.21. The van der Waals surface area contributed by atoms with Crippen molar-refractivity contribution < 1.29 is 4.79 Å². The van der Waals surface area contributed by atoms with Crippen molar-refractivity contribution in [2.75, 3.05) is 31.9 Å². The molecule has 1 aromatic heterocycles. The fourth-order valence-corrected chi connectivity index (χ4v) is 5.18. The minimum absolute atomic E-state index is 0.0528. The van der Waals surface area contributed by atoms with Crippen LogP contribution in [-0.2, 0) is 11.3 Å². The minimum atomic E-state index is -0.138. The summed E-state index contributed by atoms with van der Waals surface area (Å²) >= 11 is 1.57. The van der Waals surface area contributed by atoms with Crippen molar-refractivity contribution in [2.24, 2.45) is 0 Å². The highest BCUT2D eigenvalue weighted by atomic mass is 32.2. The number of piperazine rings is 1. The molecule has 0 spiro atoms. The van der Waals surface area contributed by atoms with Gasteiger partial charge in [-0.2, -0.15) is 4.68 Å². The van der Waals surface area contributed by atoms with Crippen molar-refractivity contribution >= 4 is 17.7 Å². The van der Waals surface area contributed by atoms with E-state index in [1.54, 1.807) is 16.4 Å². The van der Waals surface area contributed by atoms with Crippen molar-refractivity contribution in [3.8, 4) is 5.69 Å². The van der Waals surface area contributed by atoms with Gasteiger partial charge in [-0.05, 0) is 28.1 Å². The smallest absolute Gasteiger partial charge is 0.223 e. The largest absolute Gasteiger partial charge is 0.328 e. The Morgan fingerprint density at radius 1 is 0.970 bits per heavy atom. The molecular formula is C23H28N8OS. The summed E-state index contributed by atoms with van der Waals surface area (Å²) < 4.78 is 1.73. The molecule has 9 nitrogen and oxygen atoms in total. The van der Waals surface area contributed by atoms with Gasteiger partial charge in [0.15, 0.2) is 0 Å². The maximum absolute atomic E-state index is 12.4. The minimum Gasteiger partial charge on any atom is -0.328 e. The quantitative estimate of drug-likeness (QED) is 0.506. The molecule has 0 saturated carbocycles. The van der Waals surface area contributed by atoms with Crippen LogP contribution in [0.4, 0.5) is 0 Å². The molecule has 0 aliphatic carbocycles. The average molecular weight is 465 g/mol. The van der Waals surface area contributed by atoms with Gasteiger partial charge in [-0.1, -0.05) is 60.3 Å². The second-order valence-electron chi connectivity index (χ2n) is 8.36. The molecule has 10 heteroatoms. The number of carbonyl (C=O) groups excluding carboxylic acids is 1. The van der Waals surface area contributed by atoms with E-state index in [0.29, 0.717) is 12.2 Å². The van der Waals surface area contributed by atoms with Gasteiger partial charge in [0.25, 0.3) is 0 Å². The Hall–Kier alpha value is -2.79. The van der Waals surface area contributed by atoms with Crippen LogP contribution in [0.1, 0.15) is 12.0 Å². The van der Waals surface area contributed by atoms with E-state index in [0.717, 1.165) is 43.6 Å². The zero-order chi connectivity index (χ0) is 22.5. The molecule has 5 rings (SSSR count). The van der Waals surface area contributed by atoms with Crippen LogP contribution in [0.15, 0.2) is 65.8 Å².